The molecule has 33 heavy (non-hydrogen) atoms. The van der Waals surface area contributed by atoms with E-state index in [1.165, 1.54) is 0 Å². The molecule has 0 heterocycles. The average Bonchev–Trinajstić information content (AvgIpc) is 2.80. The molecule has 0 saturated heterocycles. The van der Waals surface area contributed by atoms with Crippen LogP contribution in [0.5, 0.6) is 11.5 Å². The Morgan fingerprint density at radius 2 is 1.06 bits per heavy atom. The summed E-state index contributed by atoms with van der Waals surface area (Å²) in [4.78, 5) is 22.4. The van der Waals surface area contributed by atoms with E-state index in [9.17, 15) is 9.59 Å². The van der Waals surface area contributed by atoms with Gasteiger partial charge in [-0.3, -0.25) is 0 Å². The molecule has 0 aliphatic carbocycles. The Bertz CT molecular complexity index is 776. The van der Waals surface area contributed by atoms with Gasteiger partial charge in [-0.15, -0.1) is 0 Å². The fourth-order valence-corrected chi connectivity index (χ4v) is 3.15. The third kappa shape index (κ3) is 9.51. The van der Waals surface area contributed by atoms with Crippen LogP contribution in [0.15, 0.2) is 48.5 Å². The molecule has 2 rings (SSSR count). The van der Waals surface area contributed by atoms with Crippen molar-refractivity contribution in [3.63, 3.8) is 0 Å². The minimum absolute atomic E-state index is 0.304. The highest BCUT2D eigenvalue weighted by Gasteiger charge is 2.18. The molecule has 2 unspecified atom stereocenters. The van der Waals surface area contributed by atoms with Gasteiger partial charge in [0.15, 0.2) is 12.2 Å². The molecule has 0 saturated carbocycles. The van der Waals surface area contributed by atoms with Gasteiger partial charge in [-0.05, 0) is 49.2 Å². The Morgan fingerprint density at radius 1 is 0.697 bits per heavy atom. The second kappa shape index (κ2) is 14.1. The predicted molar refractivity (Wildman–Crippen MR) is 122 cm³/mol. The third-order valence-corrected chi connectivity index (χ3v) is 4.80. The van der Waals surface area contributed by atoms with Crippen LogP contribution in [-0.2, 0) is 31.9 Å². The molecule has 2 N–H and O–H groups in total. The van der Waals surface area contributed by atoms with Gasteiger partial charge < -0.3 is 29.2 Å². The molecule has 0 aliphatic rings. The normalized spacial score (nSPS) is 12.7. The lowest BCUT2D eigenvalue weighted by Gasteiger charge is -2.13. The van der Waals surface area contributed by atoms with E-state index in [4.69, 9.17) is 29.2 Å². The number of aliphatic carboxylic acids is 2. The SMILES string of the molecule is CCOC(Cc1ccc(OCCCOc2ccc(CC(OCC)C(=O)O)cc2)cc1)C(=O)O. The molecular formula is C25H32O8. The maximum Gasteiger partial charge on any atom is 0.333 e. The van der Waals surface area contributed by atoms with Crippen LogP contribution in [0.3, 0.4) is 0 Å². The summed E-state index contributed by atoms with van der Waals surface area (Å²) in [6.07, 6.45) is -0.412. The van der Waals surface area contributed by atoms with Crippen molar-refractivity contribution in [2.75, 3.05) is 26.4 Å². The topological polar surface area (TPSA) is 112 Å². The first-order valence-electron chi connectivity index (χ1n) is 11.0. The maximum absolute atomic E-state index is 11.2. The number of rotatable bonds is 16. The van der Waals surface area contributed by atoms with E-state index in [1.54, 1.807) is 13.8 Å². The number of benzene rings is 2. The number of hydrogen-bond acceptors (Lipinski definition) is 6. The van der Waals surface area contributed by atoms with E-state index in [0.717, 1.165) is 11.1 Å². The van der Waals surface area contributed by atoms with Crippen molar-refractivity contribution in [1.82, 2.24) is 0 Å². The Labute approximate surface area is 194 Å². The lowest BCUT2D eigenvalue weighted by molar-refractivity contribution is -0.150. The fraction of sp³-hybridized carbons (Fsp3) is 0.440. The van der Waals surface area contributed by atoms with Crippen LogP contribution < -0.4 is 9.47 Å². The van der Waals surface area contributed by atoms with Crippen molar-refractivity contribution in [3.8, 4) is 11.5 Å². The molecule has 0 fully saturated rings. The maximum atomic E-state index is 11.2. The molecule has 8 nitrogen and oxygen atoms in total. The van der Waals surface area contributed by atoms with Crippen molar-refractivity contribution in [2.45, 2.75) is 45.3 Å². The number of hydrogen-bond donors (Lipinski definition) is 2. The summed E-state index contributed by atoms with van der Waals surface area (Å²) in [5.41, 5.74) is 1.73. The molecule has 2 aromatic carbocycles. The highest BCUT2D eigenvalue weighted by molar-refractivity contribution is 5.73. The van der Waals surface area contributed by atoms with E-state index >= 15 is 0 Å². The van der Waals surface area contributed by atoms with E-state index in [-0.39, 0.29) is 0 Å². The summed E-state index contributed by atoms with van der Waals surface area (Å²) < 4.78 is 21.9. The summed E-state index contributed by atoms with van der Waals surface area (Å²) >= 11 is 0. The molecule has 0 bridgehead atoms. The number of carboxylic acids is 2. The first kappa shape index (κ1) is 26.2. The van der Waals surface area contributed by atoms with Gasteiger partial charge in [0.2, 0.25) is 0 Å². The first-order valence-corrected chi connectivity index (χ1v) is 11.0. The highest BCUT2D eigenvalue weighted by Crippen LogP contribution is 2.16. The molecule has 2 aromatic rings. The minimum atomic E-state index is -0.971. The van der Waals surface area contributed by atoms with Crippen LogP contribution >= 0.6 is 0 Å². The van der Waals surface area contributed by atoms with Crippen molar-refractivity contribution in [2.24, 2.45) is 0 Å². The van der Waals surface area contributed by atoms with E-state index in [0.29, 0.717) is 57.2 Å². The van der Waals surface area contributed by atoms with Gasteiger partial charge in [0, 0.05) is 32.5 Å². The van der Waals surface area contributed by atoms with Gasteiger partial charge in [-0.25, -0.2) is 9.59 Å². The Hall–Kier alpha value is -3.10. The van der Waals surface area contributed by atoms with E-state index < -0.39 is 24.1 Å². The molecule has 0 aromatic heterocycles. The number of carboxylic acid groups (broad SMARTS) is 2. The van der Waals surface area contributed by atoms with Gasteiger partial charge in [-0.1, -0.05) is 24.3 Å². The summed E-state index contributed by atoms with van der Waals surface area (Å²) in [5.74, 6) is -0.536. The zero-order valence-corrected chi connectivity index (χ0v) is 19.1. The minimum Gasteiger partial charge on any atom is -0.493 e. The van der Waals surface area contributed by atoms with Gasteiger partial charge in [-0.2, -0.15) is 0 Å². The van der Waals surface area contributed by atoms with Crippen LogP contribution in [0.25, 0.3) is 0 Å². The molecule has 0 radical (unpaired) electrons. The van der Waals surface area contributed by atoms with Gasteiger partial charge in [0.05, 0.1) is 13.2 Å². The fourth-order valence-electron chi connectivity index (χ4n) is 3.15. The van der Waals surface area contributed by atoms with Crippen LogP contribution in [0.1, 0.15) is 31.4 Å². The van der Waals surface area contributed by atoms with Crippen LogP contribution in [0, 0.1) is 0 Å². The summed E-state index contributed by atoms with van der Waals surface area (Å²) in [5, 5.41) is 18.3. The molecule has 0 spiro atoms. The summed E-state index contributed by atoms with van der Waals surface area (Å²) in [7, 11) is 0. The van der Waals surface area contributed by atoms with Gasteiger partial charge in [0.1, 0.15) is 11.5 Å². The van der Waals surface area contributed by atoms with Crippen molar-refractivity contribution >= 4 is 11.9 Å². The van der Waals surface area contributed by atoms with Crippen LogP contribution in [0.2, 0.25) is 0 Å². The largest absolute Gasteiger partial charge is 0.493 e. The molecule has 2 atom stereocenters. The first-order chi connectivity index (χ1) is 15.9. The Morgan fingerprint density at radius 3 is 1.36 bits per heavy atom. The van der Waals surface area contributed by atoms with Crippen molar-refractivity contribution < 1.29 is 38.7 Å². The highest BCUT2D eigenvalue weighted by atomic mass is 16.5. The van der Waals surface area contributed by atoms with Crippen LogP contribution in [-0.4, -0.2) is 60.8 Å². The monoisotopic (exact) mass is 460 g/mol. The van der Waals surface area contributed by atoms with E-state index in [1.807, 2.05) is 48.5 Å². The van der Waals surface area contributed by atoms with Gasteiger partial charge >= 0.3 is 11.9 Å². The van der Waals surface area contributed by atoms with Gasteiger partial charge in [0.25, 0.3) is 0 Å². The lowest BCUT2D eigenvalue weighted by Crippen LogP contribution is -2.26. The molecule has 0 amide bonds. The Kier molecular flexibility index (Phi) is 11.2. The molecular weight excluding hydrogens is 428 g/mol. The van der Waals surface area contributed by atoms with Crippen LogP contribution in [0.4, 0.5) is 0 Å². The molecule has 0 aliphatic heterocycles. The zero-order chi connectivity index (χ0) is 24.1. The average molecular weight is 461 g/mol. The third-order valence-electron chi connectivity index (χ3n) is 4.80. The van der Waals surface area contributed by atoms with Crippen molar-refractivity contribution in [1.29, 1.82) is 0 Å². The predicted octanol–water partition coefficient (Wildman–Crippen LogP) is 3.60. The quantitative estimate of drug-likeness (QED) is 0.366. The second-order valence-corrected chi connectivity index (χ2v) is 7.31. The zero-order valence-electron chi connectivity index (χ0n) is 19.1. The van der Waals surface area contributed by atoms with E-state index in [2.05, 4.69) is 0 Å². The van der Waals surface area contributed by atoms with Crippen molar-refractivity contribution in [3.05, 3.63) is 59.7 Å². The number of ether oxygens (including phenoxy) is 4. The number of carbonyl (C=O) groups is 2. The Balaban J connectivity index is 1.69. The smallest absolute Gasteiger partial charge is 0.333 e. The summed E-state index contributed by atoms with van der Waals surface area (Å²) in [6, 6.07) is 14.6. The standard InChI is InChI=1S/C25H32O8/c1-3-30-22(24(26)27)16-18-6-10-20(11-7-18)32-14-5-15-33-21-12-8-19(9-13-21)17-23(25(28)29)31-4-2/h6-13,22-23H,3-5,14-17H2,1-2H3,(H,26,27)(H,28,29). The lowest BCUT2D eigenvalue weighted by atomic mass is 10.1. The molecule has 180 valence electrons. The second-order valence-electron chi connectivity index (χ2n) is 7.31. The molecule has 8 heteroatoms. The summed E-state index contributed by atoms with van der Waals surface area (Å²) in [6.45, 7) is 5.19.